The molecule has 0 bridgehead atoms. The molecule has 25 heavy (non-hydrogen) atoms. The number of fused-ring (bicyclic) bond motifs is 2. The van der Waals surface area contributed by atoms with Crippen molar-refractivity contribution >= 4 is 34.8 Å². The lowest BCUT2D eigenvalue weighted by Crippen LogP contribution is -2.53. The third-order valence-corrected chi connectivity index (χ3v) is 6.66. The molecule has 2 aromatic carbocycles. The van der Waals surface area contributed by atoms with E-state index in [0.29, 0.717) is 12.3 Å². The molecule has 2 heterocycles. The summed E-state index contributed by atoms with van der Waals surface area (Å²) in [6.45, 7) is 0. The van der Waals surface area contributed by atoms with Gasteiger partial charge in [-0.05, 0) is 40.5 Å². The number of hydrogen-bond acceptors (Lipinski definition) is 4. The van der Waals surface area contributed by atoms with E-state index < -0.39 is 0 Å². The predicted octanol–water partition coefficient (Wildman–Crippen LogP) is 3.49. The molecule has 0 radical (unpaired) electrons. The number of amides is 1. The van der Waals surface area contributed by atoms with Crippen molar-refractivity contribution in [3.63, 3.8) is 0 Å². The summed E-state index contributed by atoms with van der Waals surface area (Å²) < 4.78 is 0. The second-order valence-electron chi connectivity index (χ2n) is 6.93. The number of carbonyl (C=O) groups excluding carboxylic acids is 1. The lowest BCUT2D eigenvalue weighted by molar-refractivity contribution is -0.121. The van der Waals surface area contributed by atoms with Crippen molar-refractivity contribution in [3.8, 4) is 0 Å². The molecule has 3 aliphatic rings. The van der Waals surface area contributed by atoms with E-state index in [1.54, 1.807) is 11.8 Å². The summed E-state index contributed by atoms with van der Waals surface area (Å²) in [5.74, 6) is 0.632. The van der Waals surface area contributed by atoms with Crippen LogP contribution in [0.15, 0.2) is 59.1 Å². The van der Waals surface area contributed by atoms with E-state index in [4.69, 9.17) is 0 Å². The van der Waals surface area contributed by atoms with Crippen LogP contribution in [-0.4, -0.2) is 28.2 Å². The van der Waals surface area contributed by atoms with E-state index in [2.05, 4.69) is 51.1 Å². The molecule has 2 aromatic rings. The molecule has 1 aliphatic carbocycles. The fourth-order valence-corrected chi connectivity index (χ4v) is 5.18. The third-order valence-electron chi connectivity index (χ3n) is 5.25. The Bertz CT molecular complexity index is 905. The predicted molar refractivity (Wildman–Crippen MR) is 102 cm³/mol. The quantitative estimate of drug-likeness (QED) is 0.919. The van der Waals surface area contributed by atoms with Crippen LogP contribution in [-0.2, 0) is 11.2 Å². The van der Waals surface area contributed by atoms with Crippen molar-refractivity contribution < 1.29 is 4.79 Å². The minimum absolute atomic E-state index is 0.0341. The van der Waals surface area contributed by atoms with Crippen LogP contribution in [0.5, 0.6) is 0 Å². The van der Waals surface area contributed by atoms with Crippen LogP contribution in [0, 0.1) is 5.92 Å². The number of aliphatic imine (C=N–C) groups is 1. The van der Waals surface area contributed by atoms with Gasteiger partial charge < -0.3 is 10.2 Å². The summed E-state index contributed by atoms with van der Waals surface area (Å²) >= 11 is 1.79. The maximum Gasteiger partial charge on any atom is 0.226 e. The topological polar surface area (TPSA) is 44.7 Å². The molecule has 2 atom stereocenters. The molecule has 0 spiro atoms. The average Bonchev–Trinajstić information content (AvgIpc) is 3.30. The van der Waals surface area contributed by atoms with Gasteiger partial charge in [0.2, 0.25) is 5.91 Å². The number of thioether (sulfide) groups is 1. The van der Waals surface area contributed by atoms with Crippen LogP contribution < -0.4 is 5.32 Å². The molecule has 2 aliphatic heterocycles. The van der Waals surface area contributed by atoms with Gasteiger partial charge in [0.05, 0.1) is 12.8 Å². The van der Waals surface area contributed by atoms with E-state index >= 15 is 0 Å². The zero-order valence-corrected chi connectivity index (χ0v) is 14.6. The minimum atomic E-state index is -0.173. The normalized spacial score (nSPS) is 27.0. The maximum absolute atomic E-state index is 12.6. The van der Waals surface area contributed by atoms with Gasteiger partial charge in [-0.3, -0.25) is 4.79 Å². The SMILES string of the molecule is O=C(Cc1ccc2ccccc2c1)NC1N=CN2C=CSC12C1CC1. The lowest BCUT2D eigenvalue weighted by Gasteiger charge is -2.35. The Labute approximate surface area is 151 Å². The first kappa shape index (κ1) is 15.0. The first-order chi connectivity index (χ1) is 12.3. The number of nitrogens with one attached hydrogen (secondary N) is 1. The zero-order valence-electron chi connectivity index (χ0n) is 13.8. The van der Waals surface area contributed by atoms with E-state index in [1.165, 1.54) is 23.6 Å². The molecule has 5 rings (SSSR count). The van der Waals surface area contributed by atoms with Crippen molar-refractivity contribution in [1.82, 2.24) is 10.2 Å². The van der Waals surface area contributed by atoms with Gasteiger partial charge in [0, 0.05) is 6.20 Å². The zero-order chi connectivity index (χ0) is 16.9. The van der Waals surface area contributed by atoms with Crippen molar-refractivity contribution in [2.45, 2.75) is 30.3 Å². The van der Waals surface area contributed by atoms with Crippen LogP contribution in [0.1, 0.15) is 18.4 Å². The average molecular weight is 349 g/mol. The summed E-state index contributed by atoms with van der Waals surface area (Å²) in [6.07, 6.45) is 6.58. The van der Waals surface area contributed by atoms with Gasteiger partial charge in [-0.2, -0.15) is 0 Å². The molecule has 0 saturated heterocycles. The van der Waals surface area contributed by atoms with Gasteiger partial charge in [0.1, 0.15) is 4.87 Å². The first-order valence-electron chi connectivity index (χ1n) is 8.69. The Hall–Kier alpha value is -2.27. The smallest absolute Gasteiger partial charge is 0.226 e. The summed E-state index contributed by atoms with van der Waals surface area (Å²) in [5.41, 5.74) is 1.03. The summed E-state index contributed by atoms with van der Waals surface area (Å²) in [5, 5.41) is 7.65. The van der Waals surface area contributed by atoms with E-state index in [-0.39, 0.29) is 16.9 Å². The molecule has 0 aromatic heterocycles. The van der Waals surface area contributed by atoms with Crippen LogP contribution >= 0.6 is 11.8 Å². The van der Waals surface area contributed by atoms with E-state index in [0.717, 1.165) is 5.56 Å². The molecule has 1 fully saturated rings. The Morgan fingerprint density at radius 1 is 1.24 bits per heavy atom. The van der Waals surface area contributed by atoms with Crippen molar-refractivity contribution in [2.75, 3.05) is 0 Å². The van der Waals surface area contributed by atoms with Crippen LogP contribution in [0.3, 0.4) is 0 Å². The Kier molecular flexibility index (Phi) is 3.38. The molecule has 1 N–H and O–H groups in total. The monoisotopic (exact) mass is 349 g/mol. The largest absolute Gasteiger partial charge is 0.331 e. The molecule has 5 heteroatoms. The fraction of sp³-hybridized carbons (Fsp3) is 0.300. The molecule has 1 amide bonds. The summed E-state index contributed by atoms with van der Waals surface area (Å²) in [4.78, 5) is 19.3. The van der Waals surface area contributed by atoms with E-state index in [9.17, 15) is 4.79 Å². The van der Waals surface area contributed by atoms with Gasteiger partial charge >= 0.3 is 0 Å². The Morgan fingerprint density at radius 2 is 2.08 bits per heavy atom. The highest BCUT2D eigenvalue weighted by Crippen LogP contribution is 2.56. The van der Waals surface area contributed by atoms with Gasteiger partial charge in [0.25, 0.3) is 0 Å². The fourth-order valence-electron chi connectivity index (χ4n) is 3.87. The Morgan fingerprint density at radius 3 is 2.92 bits per heavy atom. The first-order valence-corrected chi connectivity index (χ1v) is 9.57. The molecular weight excluding hydrogens is 330 g/mol. The summed E-state index contributed by atoms with van der Waals surface area (Å²) in [6, 6.07) is 14.4. The third kappa shape index (κ3) is 2.45. The maximum atomic E-state index is 12.6. The molecule has 4 nitrogen and oxygen atoms in total. The van der Waals surface area contributed by atoms with Gasteiger partial charge in [0.15, 0.2) is 6.17 Å². The molecule has 126 valence electrons. The number of rotatable bonds is 4. The molecular formula is C20H19N3OS. The minimum Gasteiger partial charge on any atom is -0.331 e. The number of benzene rings is 2. The van der Waals surface area contributed by atoms with E-state index in [1.807, 2.05) is 24.5 Å². The molecule has 2 unspecified atom stereocenters. The van der Waals surface area contributed by atoms with Crippen LogP contribution in [0.4, 0.5) is 0 Å². The summed E-state index contributed by atoms with van der Waals surface area (Å²) in [7, 11) is 0. The van der Waals surface area contributed by atoms with Crippen molar-refractivity contribution in [1.29, 1.82) is 0 Å². The van der Waals surface area contributed by atoms with Crippen molar-refractivity contribution in [3.05, 3.63) is 59.6 Å². The number of nitrogens with zero attached hydrogens (tertiary/aromatic N) is 2. The highest BCUT2D eigenvalue weighted by molar-refractivity contribution is 8.03. The second-order valence-corrected chi connectivity index (χ2v) is 8.09. The van der Waals surface area contributed by atoms with Crippen molar-refractivity contribution in [2.24, 2.45) is 10.9 Å². The highest BCUT2D eigenvalue weighted by atomic mass is 32.2. The van der Waals surface area contributed by atoms with Gasteiger partial charge in [-0.15, -0.1) is 0 Å². The van der Waals surface area contributed by atoms with Crippen LogP contribution in [0.25, 0.3) is 10.8 Å². The molecule has 1 saturated carbocycles. The second kappa shape index (κ2) is 5.63. The highest BCUT2D eigenvalue weighted by Gasteiger charge is 2.58. The number of hydrogen-bond donors (Lipinski definition) is 1. The van der Waals surface area contributed by atoms with Gasteiger partial charge in [-0.25, -0.2) is 4.99 Å². The standard InChI is InChI=1S/C20H19N3OS/c24-18(12-14-5-6-15-3-1-2-4-16(15)11-14)22-19-20(17-7-8-17)23(13-21-19)9-10-25-20/h1-6,9-11,13,17,19H,7-8,12H2,(H,22,24). The number of carbonyl (C=O) groups is 1. The lowest BCUT2D eigenvalue weighted by atomic mass is 10.0. The van der Waals surface area contributed by atoms with Gasteiger partial charge in [-0.1, -0.05) is 54.2 Å². The van der Waals surface area contributed by atoms with Crippen LogP contribution in [0.2, 0.25) is 0 Å². The Balaban J connectivity index is 1.32.